The van der Waals surface area contributed by atoms with Gasteiger partial charge in [-0.15, -0.1) is 0 Å². The number of allylic oxidation sites excluding steroid dienone is 3. The van der Waals surface area contributed by atoms with Crippen molar-refractivity contribution < 1.29 is 43.2 Å². The smallest absolute Gasteiger partial charge is 0.335 e. The molecule has 3 fully saturated rings. The third-order valence-corrected chi connectivity index (χ3v) is 8.21. The van der Waals surface area contributed by atoms with E-state index in [1.807, 2.05) is 0 Å². The molecule has 1 saturated carbocycles. The Morgan fingerprint density at radius 1 is 1.06 bits per heavy atom. The molecule has 3 aliphatic heterocycles. The average molecular weight is 489 g/mol. The SMILES string of the molecule is CC1=C[C@@H]2O[C@H]3C[C@H]4OC(=O)C=CC=CC(=O)OCC[C@@H](C)[C@H](O)C(=O)OC[C@@]2(CC1)[C@H]4[C@@]31CO1. The number of aliphatic hydroxyl groups excluding tert-OH is 1. The first-order valence-electron chi connectivity index (χ1n) is 12.3. The van der Waals surface area contributed by atoms with Gasteiger partial charge in [-0.25, -0.2) is 14.4 Å². The van der Waals surface area contributed by atoms with E-state index in [1.165, 1.54) is 29.9 Å². The number of epoxide rings is 1. The van der Waals surface area contributed by atoms with Crippen LogP contribution in [0.25, 0.3) is 0 Å². The molecule has 5 rings (SSSR count). The van der Waals surface area contributed by atoms with Gasteiger partial charge in [0.15, 0.2) is 6.10 Å². The minimum atomic E-state index is -1.36. The van der Waals surface area contributed by atoms with E-state index in [-0.39, 0.29) is 31.3 Å². The van der Waals surface area contributed by atoms with Gasteiger partial charge in [-0.3, -0.25) is 0 Å². The summed E-state index contributed by atoms with van der Waals surface area (Å²) >= 11 is 0. The second kappa shape index (κ2) is 9.19. The second-order valence-electron chi connectivity index (χ2n) is 10.4. The summed E-state index contributed by atoms with van der Waals surface area (Å²) < 4.78 is 29.2. The van der Waals surface area contributed by atoms with Crippen LogP contribution < -0.4 is 0 Å². The summed E-state index contributed by atoms with van der Waals surface area (Å²) in [6.45, 7) is 4.32. The van der Waals surface area contributed by atoms with Crippen molar-refractivity contribution in [3.63, 3.8) is 0 Å². The van der Waals surface area contributed by atoms with Crippen molar-refractivity contribution in [1.82, 2.24) is 0 Å². The molecular formula is C26H32O9. The standard InChI is InChI=1S/C26H32O9/c1-15-7-9-25-13-32-24(30)22(29)16(2)8-10-31-20(27)5-3-4-6-21(28)34-17-12-19(35-18(25)11-15)26(14-33-26)23(17)25/h3-6,11,16-19,22-23,29H,7-10,12-14H2,1-2H3/t16-,17-,18+,19+,22+,23+,25-,26-/m1/s1. The monoisotopic (exact) mass is 488 g/mol. The van der Waals surface area contributed by atoms with E-state index in [1.54, 1.807) is 6.92 Å². The molecule has 0 unspecified atom stereocenters. The lowest BCUT2D eigenvalue weighted by Gasteiger charge is -2.52. The van der Waals surface area contributed by atoms with Crippen LogP contribution >= 0.6 is 0 Å². The highest BCUT2D eigenvalue weighted by Crippen LogP contribution is 2.65. The Morgan fingerprint density at radius 2 is 1.80 bits per heavy atom. The van der Waals surface area contributed by atoms with Gasteiger partial charge in [0.05, 0.1) is 25.4 Å². The topological polar surface area (TPSA) is 121 Å². The first-order chi connectivity index (χ1) is 16.7. The van der Waals surface area contributed by atoms with Crippen LogP contribution in [0.15, 0.2) is 36.0 Å². The average Bonchev–Trinajstić information content (AvgIpc) is 3.56. The first kappa shape index (κ1) is 24.2. The molecule has 0 aromatic rings. The second-order valence-corrected chi connectivity index (χ2v) is 10.4. The number of hydrogen-bond acceptors (Lipinski definition) is 9. The zero-order chi connectivity index (χ0) is 24.8. The van der Waals surface area contributed by atoms with E-state index in [4.69, 9.17) is 23.7 Å². The molecule has 0 amide bonds. The highest BCUT2D eigenvalue weighted by Gasteiger charge is 2.76. The molecule has 0 radical (unpaired) electrons. The van der Waals surface area contributed by atoms with Crippen LogP contribution in [0.1, 0.15) is 39.5 Å². The number of aliphatic hydroxyl groups is 1. The van der Waals surface area contributed by atoms with Crippen molar-refractivity contribution in [3.05, 3.63) is 36.0 Å². The summed E-state index contributed by atoms with van der Waals surface area (Å²) in [4.78, 5) is 37.3. The van der Waals surface area contributed by atoms with E-state index in [2.05, 4.69) is 13.0 Å². The van der Waals surface area contributed by atoms with Crippen LogP contribution in [0.2, 0.25) is 0 Å². The van der Waals surface area contributed by atoms with Gasteiger partial charge in [0.2, 0.25) is 0 Å². The van der Waals surface area contributed by atoms with Crippen LogP contribution in [0, 0.1) is 17.3 Å². The Hall–Kier alpha value is -2.49. The fourth-order valence-electron chi connectivity index (χ4n) is 6.19. The molecule has 0 aromatic carbocycles. The molecule has 5 aliphatic rings. The zero-order valence-corrected chi connectivity index (χ0v) is 20.0. The molecular weight excluding hydrogens is 456 g/mol. The Labute approximate surface area is 204 Å². The number of carbonyl (C=O) groups is 3. The summed E-state index contributed by atoms with van der Waals surface area (Å²) in [5.74, 6) is -2.53. The van der Waals surface area contributed by atoms with E-state index in [0.29, 0.717) is 25.9 Å². The largest absolute Gasteiger partial charge is 0.463 e. The van der Waals surface area contributed by atoms with Crippen LogP contribution in [-0.2, 0) is 38.1 Å². The Morgan fingerprint density at radius 3 is 2.54 bits per heavy atom. The zero-order valence-electron chi connectivity index (χ0n) is 20.0. The Bertz CT molecular complexity index is 977. The van der Waals surface area contributed by atoms with Crippen LogP contribution in [0.3, 0.4) is 0 Å². The fraction of sp³-hybridized carbons (Fsp3) is 0.654. The van der Waals surface area contributed by atoms with Gasteiger partial charge < -0.3 is 28.8 Å². The van der Waals surface area contributed by atoms with Crippen LogP contribution in [0.4, 0.5) is 0 Å². The van der Waals surface area contributed by atoms with Crippen molar-refractivity contribution in [3.8, 4) is 0 Å². The highest BCUT2D eigenvalue weighted by molar-refractivity contribution is 5.84. The van der Waals surface area contributed by atoms with Crippen molar-refractivity contribution in [2.45, 2.75) is 69.5 Å². The molecule has 3 heterocycles. The lowest BCUT2D eigenvalue weighted by molar-refractivity contribution is -0.199. The molecule has 2 saturated heterocycles. The molecule has 1 N–H and O–H groups in total. The Balaban J connectivity index is 1.48. The van der Waals surface area contributed by atoms with Crippen molar-refractivity contribution in [2.75, 3.05) is 19.8 Å². The predicted molar refractivity (Wildman–Crippen MR) is 121 cm³/mol. The minimum Gasteiger partial charge on any atom is -0.463 e. The summed E-state index contributed by atoms with van der Waals surface area (Å²) in [7, 11) is 0. The molecule has 0 aromatic heterocycles. The van der Waals surface area contributed by atoms with Crippen LogP contribution in [0.5, 0.6) is 0 Å². The van der Waals surface area contributed by atoms with Crippen molar-refractivity contribution in [2.24, 2.45) is 17.3 Å². The number of cyclic esters (lactones) is 2. The quantitative estimate of drug-likeness (QED) is 0.235. The molecule has 35 heavy (non-hydrogen) atoms. The van der Waals surface area contributed by atoms with Gasteiger partial charge in [0.1, 0.15) is 18.3 Å². The lowest BCUT2D eigenvalue weighted by Crippen LogP contribution is -2.60. The number of rotatable bonds is 0. The lowest BCUT2D eigenvalue weighted by atomic mass is 9.60. The van der Waals surface area contributed by atoms with Crippen LogP contribution in [-0.4, -0.2) is 72.9 Å². The van der Waals surface area contributed by atoms with Gasteiger partial charge >= 0.3 is 17.9 Å². The van der Waals surface area contributed by atoms with Crippen molar-refractivity contribution in [1.29, 1.82) is 0 Å². The number of carbonyl (C=O) groups excluding carboxylic acids is 3. The molecule has 2 bridgehead atoms. The van der Waals surface area contributed by atoms with E-state index < -0.39 is 47.0 Å². The summed E-state index contributed by atoms with van der Waals surface area (Å²) in [6, 6.07) is 0. The number of esters is 3. The van der Waals surface area contributed by atoms with E-state index >= 15 is 0 Å². The third kappa shape index (κ3) is 4.34. The molecule has 2 aliphatic carbocycles. The fourth-order valence-corrected chi connectivity index (χ4v) is 6.19. The normalized spacial score (nSPS) is 43.9. The van der Waals surface area contributed by atoms with Gasteiger partial charge in [-0.05, 0) is 32.1 Å². The van der Waals surface area contributed by atoms with Gasteiger partial charge in [-0.2, -0.15) is 0 Å². The number of ether oxygens (including phenoxy) is 5. The maximum atomic E-state index is 12.8. The maximum absolute atomic E-state index is 12.8. The molecule has 9 heteroatoms. The molecule has 9 nitrogen and oxygen atoms in total. The summed E-state index contributed by atoms with van der Waals surface area (Å²) in [5.41, 5.74) is -0.00513. The minimum absolute atomic E-state index is 0.0220. The molecule has 190 valence electrons. The van der Waals surface area contributed by atoms with E-state index in [9.17, 15) is 19.5 Å². The van der Waals surface area contributed by atoms with Gasteiger partial charge in [0.25, 0.3) is 0 Å². The van der Waals surface area contributed by atoms with Gasteiger partial charge in [-0.1, -0.05) is 30.7 Å². The van der Waals surface area contributed by atoms with Crippen molar-refractivity contribution >= 4 is 17.9 Å². The molecule has 2 spiro atoms. The maximum Gasteiger partial charge on any atom is 0.335 e. The summed E-state index contributed by atoms with van der Waals surface area (Å²) in [5, 5.41) is 10.6. The summed E-state index contributed by atoms with van der Waals surface area (Å²) in [6.07, 6.45) is 7.29. The predicted octanol–water partition coefficient (Wildman–Crippen LogP) is 1.78. The third-order valence-electron chi connectivity index (χ3n) is 8.21. The number of hydrogen-bond donors (Lipinski definition) is 1. The van der Waals surface area contributed by atoms with E-state index in [0.717, 1.165) is 6.42 Å². The Kier molecular flexibility index (Phi) is 6.35. The molecule has 8 atom stereocenters. The highest BCUT2D eigenvalue weighted by atomic mass is 16.6. The first-order valence-corrected chi connectivity index (χ1v) is 12.3. The van der Waals surface area contributed by atoms with Gasteiger partial charge in [0, 0.05) is 29.9 Å².